The fourth-order valence-electron chi connectivity index (χ4n) is 2.64. The Balaban J connectivity index is 0.00000289. The second-order valence-corrected chi connectivity index (χ2v) is 10.3. The number of anilines is 1. The van der Waals surface area contributed by atoms with Crippen molar-refractivity contribution in [3.63, 3.8) is 0 Å². The number of ether oxygens (including phenoxy) is 1. The minimum absolute atomic E-state index is 0. The van der Waals surface area contributed by atoms with Crippen LogP contribution in [0.3, 0.4) is 0 Å². The Bertz CT molecular complexity index is 1220. The smallest absolute Gasteiger partial charge is 0.851 e. The summed E-state index contributed by atoms with van der Waals surface area (Å²) in [6, 6.07) is 0. The molecule has 24 heteroatoms. The molecule has 34 heavy (non-hydrogen) atoms. The number of hydrogen-bond acceptors (Lipinski definition) is 17. The van der Waals surface area contributed by atoms with Gasteiger partial charge in [0.1, 0.15) is 6.23 Å². The summed E-state index contributed by atoms with van der Waals surface area (Å²) in [6.45, 7) is -1.24. The SMILES string of the molecule is Nc1nc2c(ncn2[C@@H]2O[C@H](COP(=O)([O-])OP(=O)([O-])OP(=O)([O-])[O-])[C@@H]([O-])[C@H]2[O-])c(=O)[nH]1.[Na+].[Na+]. The number of imidazole rings is 1. The Labute approximate surface area is 232 Å². The molecule has 0 aliphatic carbocycles. The zero-order valence-corrected chi connectivity index (χ0v) is 23.8. The average Bonchev–Trinajstić information content (AvgIpc) is 3.12. The standard InChI is InChI=1S/C10H14N5O14P3.2Na/c11-10-13-7-4(8(18)14-10)12-2-15(7)9-6(17)5(16)3(27-9)1-26-31(22,23)29-32(24,25)28-30(19,20)21;;/h2-3,5-6,9H,1H2,(H,22,23)(H,24,25)(H2,19,20,21)(H3,11,13,14,18);;/q-2;2*+1/p-4/t3-,5-,6-,9-;;/m1../s1. The largest absolute Gasteiger partial charge is 1.00 e. The van der Waals surface area contributed by atoms with Crippen molar-refractivity contribution in [1.29, 1.82) is 0 Å². The van der Waals surface area contributed by atoms with Crippen molar-refractivity contribution in [1.82, 2.24) is 19.5 Å². The molecule has 3 rings (SSSR count). The maximum Gasteiger partial charge on any atom is 1.00 e. The van der Waals surface area contributed by atoms with Crippen molar-refractivity contribution < 1.29 is 120 Å². The van der Waals surface area contributed by atoms with E-state index in [1.165, 1.54) is 0 Å². The third-order valence-corrected chi connectivity index (χ3v) is 7.47. The summed E-state index contributed by atoms with van der Waals surface area (Å²) in [6.07, 6.45) is -6.75. The third-order valence-electron chi connectivity index (χ3n) is 3.81. The van der Waals surface area contributed by atoms with Gasteiger partial charge in [-0.05, 0) is 0 Å². The molecule has 3 N–H and O–H groups in total. The molecule has 2 aromatic heterocycles. The van der Waals surface area contributed by atoms with Gasteiger partial charge in [0.2, 0.25) is 5.95 Å². The molecule has 180 valence electrons. The first-order valence-electron chi connectivity index (χ1n) is 7.99. The molecule has 0 aromatic carbocycles. The minimum Gasteiger partial charge on any atom is -0.851 e. The van der Waals surface area contributed by atoms with Crippen LogP contribution in [0.2, 0.25) is 0 Å². The molecule has 0 bridgehead atoms. The molecular formula is C10H10N5Na2O14P3-4. The van der Waals surface area contributed by atoms with Gasteiger partial charge in [-0.1, -0.05) is 6.10 Å². The minimum atomic E-state index is -6.20. The van der Waals surface area contributed by atoms with Crippen LogP contribution in [0, 0.1) is 0 Å². The molecule has 0 radical (unpaired) electrons. The summed E-state index contributed by atoms with van der Waals surface area (Å²) in [5, 5.41) is 24.5. The predicted octanol–water partition coefficient (Wildman–Crippen LogP) is -12.1. The maximum atomic E-state index is 12.3. The Kier molecular flexibility index (Phi) is 11.3. The molecule has 1 saturated heterocycles. The Morgan fingerprint density at radius 2 is 1.71 bits per heavy atom. The van der Waals surface area contributed by atoms with Gasteiger partial charge in [0, 0.05) is 0 Å². The number of phosphoric ester groups is 1. The summed E-state index contributed by atoms with van der Waals surface area (Å²) in [5.74, 6) is -0.335. The van der Waals surface area contributed by atoms with Gasteiger partial charge in [-0.15, -0.1) is 6.10 Å². The first-order chi connectivity index (χ1) is 14.6. The number of aromatic amines is 1. The molecule has 2 aromatic rings. The zero-order chi connectivity index (χ0) is 24.1. The molecule has 0 spiro atoms. The Morgan fingerprint density at radius 3 is 2.29 bits per heavy atom. The first-order valence-corrected chi connectivity index (χ1v) is 12.4. The van der Waals surface area contributed by atoms with Gasteiger partial charge in [-0.3, -0.25) is 27.8 Å². The zero-order valence-electron chi connectivity index (χ0n) is 17.1. The number of hydrogen-bond donors (Lipinski definition) is 2. The number of nitrogens with two attached hydrogens (primary N) is 1. The van der Waals surface area contributed by atoms with Crippen LogP contribution in [0.5, 0.6) is 0 Å². The number of phosphoric acid groups is 3. The van der Waals surface area contributed by atoms with E-state index in [0.717, 1.165) is 10.9 Å². The van der Waals surface area contributed by atoms with Gasteiger partial charge in [0.05, 0.1) is 26.9 Å². The van der Waals surface area contributed by atoms with Crippen molar-refractivity contribution in [2.45, 2.75) is 24.5 Å². The quantitative estimate of drug-likeness (QED) is 0.222. The van der Waals surface area contributed by atoms with Crippen molar-refractivity contribution >= 4 is 40.6 Å². The summed E-state index contributed by atoms with van der Waals surface area (Å²) in [5.41, 5.74) is 4.22. The van der Waals surface area contributed by atoms with Crippen LogP contribution < -0.4 is 100 Å². The number of nitrogen functional groups attached to an aromatic ring is 1. The molecule has 2 unspecified atom stereocenters. The van der Waals surface area contributed by atoms with Gasteiger partial charge in [-0.25, -0.2) is 9.29 Å². The van der Waals surface area contributed by atoms with E-state index in [-0.39, 0.29) is 76.2 Å². The second-order valence-electron chi connectivity index (χ2n) is 6.07. The van der Waals surface area contributed by atoms with E-state index in [1.807, 2.05) is 0 Å². The summed E-state index contributed by atoms with van der Waals surface area (Å²) in [4.78, 5) is 64.7. The fraction of sp³-hybridized carbons (Fsp3) is 0.500. The number of nitrogens with zero attached hydrogens (tertiary/aromatic N) is 3. The number of aromatic nitrogens is 4. The molecule has 0 amide bonds. The molecule has 1 aliphatic rings. The monoisotopic (exact) mass is 563 g/mol. The van der Waals surface area contributed by atoms with E-state index in [0.29, 0.717) is 0 Å². The van der Waals surface area contributed by atoms with E-state index < -0.39 is 60.2 Å². The van der Waals surface area contributed by atoms with Crippen LogP contribution in [0.4, 0.5) is 5.95 Å². The summed E-state index contributed by atoms with van der Waals surface area (Å²) < 4.78 is 49.5. The maximum absolute atomic E-state index is 12.3. The van der Waals surface area contributed by atoms with Crippen LogP contribution in [-0.2, 0) is 31.6 Å². The Hall–Kier alpha value is 0.440. The number of nitrogens with one attached hydrogen (secondary N) is 1. The first kappa shape index (κ1) is 32.5. The molecular weight excluding hydrogens is 553 g/mol. The van der Waals surface area contributed by atoms with Gasteiger partial charge in [0.25, 0.3) is 21.2 Å². The molecule has 1 aliphatic heterocycles. The van der Waals surface area contributed by atoms with E-state index in [2.05, 4.69) is 28.1 Å². The second kappa shape index (κ2) is 11.9. The topological polar surface area (TPSA) is 316 Å². The van der Waals surface area contributed by atoms with Crippen LogP contribution in [0.15, 0.2) is 11.1 Å². The number of rotatable bonds is 8. The molecule has 6 atom stereocenters. The van der Waals surface area contributed by atoms with Crippen molar-refractivity contribution in [3.8, 4) is 0 Å². The predicted molar refractivity (Wildman–Crippen MR) is 85.0 cm³/mol. The van der Waals surface area contributed by atoms with E-state index in [4.69, 9.17) is 10.5 Å². The normalized spacial score (nSPS) is 26.3. The van der Waals surface area contributed by atoms with Crippen molar-refractivity contribution in [2.75, 3.05) is 12.3 Å². The average molecular weight is 563 g/mol. The van der Waals surface area contributed by atoms with Gasteiger partial charge < -0.3 is 49.3 Å². The summed E-state index contributed by atoms with van der Waals surface area (Å²) >= 11 is 0. The molecule has 0 saturated carbocycles. The van der Waals surface area contributed by atoms with Gasteiger partial charge >= 0.3 is 59.1 Å². The molecule has 3 heterocycles. The molecule has 1 fully saturated rings. The van der Waals surface area contributed by atoms with E-state index in [9.17, 15) is 48.3 Å². The van der Waals surface area contributed by atoms with Crippen molar-refractivity contribution in [2.24, 2.45) is 0 Å². The third kappa shape index (κ3) is 7.97. The number of fused-ring (bicyclic) bond motifs is 1. The Morgan fingerprint density at radius 1 is 1.09 bits per heavy atom. The van der Waals surface area contributed by atoms with Gasteiger partial charge in [0.15, 0.2) is 11.2 Å². The number of H-pyrrole nitrogens is 1. The summed E-state index contributed by atoms with van der Waals surface area (Å²) in [7, 11) is -18.3. The van der Waals surface area contributed by atoms with Crippen LogP contribution in [0.1, 0.15) is 6.23 Å². The van der Waals surface area contributed by atoms with Crippen molar-refractivity contribution in [3.05, 3.63) is 16.7 Å². The fourth-order valence-corrected chi connectivity index (χ4v) is 5.51. The van der Waals surface area contributed by atoms with Crippen LogP contribution >= 0.6 is 23.5 Å². The van der Waals surface area contributed by atoms with Gasteiger partial charge in [-0.2, -0.15) is 4.98 Å². The van der Waals surface area contributed by atoms with Crippen LogP contribution in [0.25, 0.3) is 11.2 Å². The van der Waals surface area contributed by atoms with E-state index in [1.54, 1.807) is 0 Å². The molecule has 19 nitrogen and oxygen atoms in total. The van der Waals surface area contributed by atoms with E-state index >= 15 is 0 Å². The van der Waals surface area contributed by atoms with Crippen LogP contribution in [-0.4, -0.2) is 44.4 Å².